The van der Waals surface area contributed by atoms with Crippen LogP contribution in [0.5, 0.6) is 0 Å². The first-order valence-electron chi connectivity index (χ1n) is 9.54. The first-order valence-corrected chi connectivity index (χ1v) is 9.54. The van der Waals surface area contributed by atoms with E-state index in [2.05, 4.69) is 25.3 Å². The van der Waals surface area contributed by atoms with Crippen molar-refractivity contribution in [2.45, 2.75) is 13.0 Å². The van der Waals surface area contributed by atoms with Gasteiger partial charge in [0.25, 0.3) is 11.5 Å². The van der Waals surface area contributed by atoms with E-state index in [1.165, 1.54) is 29.2 Å². The van der Waals surface area contributed by atoms with Crippen LogP contribution in [0.2, 0.25) is 0 Å². The van der Waals surface area contributed by atoms with E-state index in [0.717, 1.165) is 0 Å². The molecule has 4 aromatic rings. The summed E-state index contributed by atoms with van der Waals surface area (Å²) in [6, 6.07) is 6.28. The number of carbonyl (C=O) groups is 1. The molecule has 4 N–H and O–H groups in total. The SMILES string of the molecule is Cn1c(N)c(-c2nc(NC(=O)c3cnccn3)oc2Cc2ncccc2CO)ccc1=O. The lowest BCUT2D eigenvalue weighted by Gasteiger charge is -2.09. The Morgan fingerprint density at radius 3 is 2.81 bits per heavy atom. The van der Waals surface area contributed by atoms with Gasteiger partial charge in [-0.2, -0.15) is 4.98 Å². The molecule has 4 aromatic heterocycles. The number of nitrogens with one attached hydrogen (secondary N) is 1. The number of carbonyl (C=O) groups excluding carboxylic acids is 1. The van der Waals surface area contributed by atoms with Gasteiger partial charge in [-0.25, -0.2) is 4.98 Å². The zero-order valence-corrected chi connectivity index (χ0v) is 17.0. The van der Waals surface area contributed by atoms with Crippen LogP contribution in [0.15, 0.2) is 58.3 Å². The first kappa shape index (κ1) is 20.9. The number of nitrogen functional groups attached to an aromatic ring is 1. The van der Waals surface area contributed by atoms with Gasteiger partial charge in [-0.15, -0.1) is 0 Å². The first-order chi connectivity index (χ1) is 15.5. The summed E-state index contributed by atoms with van der Waals surface area (Å²) in [4.78, 5) is 40.9. The fourth-order valence-corrected chi connectivity index (χ4v) is 3.09. The van der Waals surface area contributed by atoms with Crippen LogP contribution in [-0.2, 0) is 20.1 Å². The summed E-state index contributed by atoms with van der Waals surface area (Å²) in [5.41, 5.74) is 7.94. The predicted octanol–water partition coefficient (Wildman–Crippen LogP) is 1.14. The highest BCUT2D eigenvalue weighted by atomic mass is 16.4. The highest BCUT2D eigenvalue weighted by Gasteiger charge is 2.22. The number of hydrogen-bond acceptors (Lipinski definition) is 9. The monoisotopic (exact) mass is 433 g/mol. The third-order valence-electron chi connectivity index (χ3n) is 4.81. The third-order valence-corrected chi connectivity index (χ3v) is 4.81. The van der Waals surface area contributed by atoms with Gasteiger partial charge in [0, 0.05) is 37.3 Å². The summed E-state index contributed by atoms with van der Waals surface area (Å²) in [6.45, 7) is -0.203. The van der Waals surface area contributed by atoms with Gasteiger partial charge in [0.2, 0.25) is 0 Å². The molecule has 4 rings (SSSR count). The van der Waals surface area contributed by atoms with Crippen LogP contribution >= 0.6 is 0 Å². The molecule has 0 atom stereocenters. The molecule has 32 heavy (non-hydrogen) atoms. The molecule has 0 spiro atoms. The number of amides is 1. The summed E-state index contributed by atoms with van der Waals surface area (Å²) in [5, 5.41) is 12.2. The molecule has 0 radical (unpaired) electrons. The van der Waals surface area contributed by atoms with Crippen LogP contribution in [0.4, 0.5) is 11.8 Å². The van der Waals surface area contributed by atoms with Gasteiger partial charge in [0.1, 0.15) is 23.0 Å². The van der Waals surface area contributed by atoms with Gasteiger partial charge >= 0.3 is 6.01 Å². The summed E-state index contributed by atoms with van der Waals surface area (Å²) < 4.78 is 7.12. The maximum atomic E-state index is 12.5. The zero-order chi connectivity index (χ0) is 22.7. The van der Waals surface area contributed by atoms with Crippen molar-refractivity contribution >= 4 is 17.7 Å². The lowest BCUT2D eigenvalue weighted by Crippen LogP contribution is -2.19. The summed E-state index contributed by atoms with van der Waals surface area (Å²) >= 11 is 0. The van der Waals surface area contributed by atoms with Crippen molar-refractivity contribution in [1.29, 1.82) is 0 Å². The molecule has 0 aliphatic rings. The summed E-state index contributed by atoms with van der Waals surface area (Å²) in [5.74, 6) is -0.0276. The van der Waals surface area contributed by atoms with E-state index < -0.39 is 5.91 Å². The molecule has 0 aliphatic heterocycles. The largest absolute Gasteiger partial charge is 0.427 e. The van der Waals surface area contributed by atoms with Gasteiger partial charge in [-0.3, -0.25) is 29.4 Å². The second-order valence-corrected chi connectivity index (χ2v) is 6.81. The standard InChI is InChI=1S/C21H19N7O4/c1-28-17(30)5-4-13(19(28)22)18-16(9-14-12(11-29)3-2-6-24-14)32-21(26-18)27-20(31)15-10-23-7-8-25-15/h2-8,10,29H,9,11,22H2,1H3,(H,26,27,31). The molecule has 0 saturated heterocycles. The van der Waals surface area contributed by atoms with Gasteiger partial charge in [0.05, 0.1) is 24.9 Å². The number of hydrogen-bond donors (Lipinski definition) is 3. The number of pyridine rings is 2. The molecule has 0 bridgehead atoms. The number of aliphatic hydroxyl groups excluding tert-OH is 1. The smallest absolute Gasteiger partial charge is 0.302 e. The summed E-state index contributed by atoms with van der Waals surface area (Å²) in [6.07, 6.45) is 5.92. The molecule has 0 fully saturated rings. The van der Waals surface area contributed by atoms with Gasteiger partial charge in [-0.1, -0.05) is 6.07 Å². The van der Waals surface area contributed by atoms with Crippen molar-refractivity contribution in [3.63, 3.8) is 0 Å². The molecule has 0 aliphatic carbocycles. The Kier molecular flexibility index (Phi) is 5.73. The minimum absolute atomic E-state index is 0.0830. The van der Waals surface area contributed by atoms with Crippen LogP contribution in [0.3, 0.4) is 0 Å². The molecule has 11 heteroatoms. The fourth-order valence-electron chi connectivity index (χ4n) is 3.09. The molecular formula is C21H19N7O4. The highest BCUT2D eigenvalue weighted by molar-refractivity contribution is 6.01. The van der Waals surface area contributed by atoms with Crippen LogP contribution < -0.4 is 16.6 Å². The van der Waals surface area contributed by atoms with Crippen LogP contribution in [0, 0.1) is 0 Å². The van der Waals surface area contributed by atoms with Crippen molar-refractivity contribution in [1.82, 2.24) is 24.5 Å². The number of nitrogens with zero attached hydrogens (tertiary/aromatic N) is 5. The quantitative estimate of drug-likeness (QED) is 0.405. The number of rotatable bonds is 6. The summed E-state index contributed by atoms with van der Waals surface area (Å²) in [7, 11) is 1.54. The van der Waals surface area contributed by atoms with E-state index in [1.807, 2.05) is 0 Å². The number of aromatic nitrogens is 5. The van der Waals surface area contributed by atoms with Gasteiger partial charge < -0.3 is 15.3 Å². The van der Waals surface area contributed by atoms with Gasteiger partial charge in [-0.05, 0) is 17.7 Å². The minimum Gasteiger partial charge on any atom is -0.427 e. The molecular weight excluding hydrogens is 414 g/mol. The maximum absolute atomic E-state index is 12.5. The molecule has 1 amide bonds. The fraction of sp³-hybridized carbons (Fsp3) is 0.143. The average molecular weight is 433 g/mol. The molecule has 162 valence electrons. The average Bonchev–Trinajstić information content (AvgIpc) is 3.20. The van der Waals surface area contributed by atoms with Crippen molar-refractivity contribution in [2.24, 2.45) is 7.05 Å². The second-order valence-electron chi connectivity index (χ2n) is 6.81. The number of nitrogens with two attached hydrogens (primary N) is 1. The van der Waals surface area contributed by atoms with Crippen LogP contribution in [-0.4, -0.2) is 35.5 Å². The Morgan fingerprint density at radius 2 is 2.06 bits per heavy atom. The molecule has 0 saturated carbocycles. The topological polar surface area (TPSA) is 162 Å². The Balaban J connectivity index is 1.77. The Hall–Kier alpha value is -4.38. The highest BCUT2D eigenvalue weighted by Crippen LogP contribution is 2.31. The zero-order valence-electron chi connectivity index (χ0n) is 17.0. The Morgan fingerprint density at radius 1 is 1.22 bits per heavy atom. The third kappa shape index (κ3) is 4.09. The Bertz CT molecular complexity index is 1330. The van der Waals surface area contributed by atoms with Crippen molar-refractivity contribution in [3.8, 4) is 11.3 Å². The van der Waals surface area contributed by atoms with E-state index in [-0.39, 0.29) is 36.1 Å². The van der Waals surface area contributed by atoms with E-state index in [4.69, 9.17) is 10.2 Å². The van der Waals surface area contributed by atoms with E-state index >= 15 is 0 Å². The number of aliphatic hydroxyl groups is 1. The molecule has 11 nitrogen and oxygen atoms in total. The number of oxazole rings is 1. The van der Waals surface area contributed by atoms with E-state index in [1.54, 1.807) is 31.4 Å². The second kappa shape index (κ2) is 8.78. The normalized spacial score (nSPS) is 10.8. The van der Waals surface area contributed by atoms with E-state index in [9.17, 15) is 14.7 Å². The molecule has 0 unspecified atom stereocenters. The van der Waals surface area contributed by atoms with E-state index in [0.29, 0.717) is 28.3 Å². The van der Waals surface area contributed by atoms with Crippen molar-refractivity contribution in [3.05, 3.63) is 82.1 Å². The molecule has 0 aromatic carbocycles. The van der Waals surface area contributed by atoms with Crippen LogP contribution in [0.1, 0.15) is 27.5 Å². The molecule has 4 heterocycles. The lowest BCUT2D eigenvalue weighted by atomic mass is 10.1. The maximum Gasteiger partial charge on any atom is 0.302 e. The van der Waals surface area contributed by atoms with Gasteiger partial charge in [0.15, 0.2) is 0 Å². The van der Waals surface area contributed by atoms with Crippen molar-refractivity contribution in [2.75, 3.05) is 11.1 Å². The Labute approximate surface area is 181 Å². The predicted molar refractivity (Wildman–Crippen MR) is 115 cm³/mol. The lowest BCUT2D eigenvalue weighted by molar-refractivity contribution is 0.101. The number of anilines is 2. The van der Waals surface area contributed by atoms with Crippen molar-refractivity contribution < 1.29 is 14.3 Å². The minimum atomic E-state index is -0.556. The van der Waals surface area contributed by atoms with Crippen LogP contribution in [0.25, 0.3) is 11.3 Å².